The average Bonchev–Trinajstić information content (AvgIpc) is 2.54. The van der Waals surface area contributed by atoms with E-state index in [2.05, 4.69) is 15.8 Å². The Kier molecular flexibility index (Phi) is 5.19. The Morgan fingerprint density at radius 2 is 1.82 bits per heavy atom. The van der Waals surface area contributed by atoms with Gasteiger partial charge in [-0.25, -0.2) is 14.2 Å². The van der Waals surface area contributed by atoms with E-state index in [1.54, 1.807) is 6.92 Å². The minimum Gasteiger partial charge on any atom is -0.376 e. The Labute approximate surface area is 126 Å². The van der Waals surface area contributed by atoms with Crippen molar-refractivity contribution in [3.63, 3.8) is 0 Å². The smallest absolute Gasteiger partial charge is 0.259 e. The molecule has 0 aliphatic rings. The summed E-state index contributed by atoms with van der Waals surface area (Å²) in [7, 11) is 0. The summed E-state index contributed by atoms with van der Waals surface area (Å²) in [5.41, 5.74) is 3.95. The number of nitrogens with zero attached hydrogens (tertiary/aromatic N) is 1. The van der Waals surface area contributed by atoms with E-state index in [1.165, 1.54) is 6.07 Å². The number of halogens is 2. The van der Waals surface area contributed by atoms with Crippen LogP contribution < -0.4 is 10.7 Å². The van der Waals surface area contributed by atoms with Gasteiger partial charge in [0, 0.05) is 11.3 Å². The van der Waals surface area contributed by atoms with Gasteiger partial charge >= 0.3 is 0 Å². The Bertz CT molecular complexity index is 687. The molecule has 0 heterocycles. The molecule has 0 bridgehead atoms. The highest BCUT2D eigenvalue weighted by Crippen LogP contribution is 2.09. The van der Waals surface area contributed by atoms with Crippen LogP contribution in [0.1, 0.15) is 12.5 Å². The number of benzene rings is 2. The van der Waals surface area contributed by atoms with Crippen LogP contribution in [0.2, 0.25) is 0 Å². The van der Waals surface area contributed by atoms with Gasteiger partial charge in [-0.1, -0.05) is 18.2 Å². The predicted molar refractivity (Wildman–Crippen MR) is 81.6 cm³/mol. The van der Waals surface area contributed by atoms with Gasteiger partial charge in [0.05, 0.1) is 12.3 Å². The standard InChI is InChI=1S/C16H15F2N3O/c1-11(12-7-8-14(17)15(18)9-12)20-21-16(22)10-19-13-5-3-2-4-6-13/h2-9,19H,10H2,1H3,(H,21,22)/b20-11-. The molecule has 6 heteroatoms. The lowest BCUT2D eigenvalue weighted by molar-refractivity contribution is -0.119. The number of nitrogens with one attached hydrogen (secondary N) is 2. The first-order chi connectivity index (χ1) is 10.6. The van der Waals surface area contributed by atoms with Crippen molar-refractivity contribution >= 4 is 17.3 Å². The second-order valence-electron chi connectivity index (χ2n) is 4.58. The second kappa shape index (κ2) is 7.31. The molecule has 4 nitrogen and oxygen atoms in total. The summed E-state index contributed by atoms with van der Waals surface area (Å²) >= 11 is 0. The molecule has 0 aliphatic heterocycles. The molecule has 2 aromatic carbocycles. The summed E-state index contributed by atoms with van der Waals surface area (Å²) in [6.45, 7) is 1.65. The number of amides is 1. The van der Waals surface area contributed by atoms with Crippen LogP contribution in [-0.4, -0.2) is 18.2 Å². The summed E-state index contributed by atoms with van der Waals surface area (Å²) in [4.78, 5) is 11.7. The van der Waals surface area contributed by atoms with Crippen molar-refractivity contribution < 1.29 is 13.6 Å². The first-order valence-corrected chi connectivity index (χ1v) is 6.64. The van der Waals surface area contributed by atoms with E-state index < -0.39 is 11.6 Å². The van der Waals surface area contributed by atoms with Gasteiger partial charge in [-0.3, -0.25) is 4.79 Å². The summed E-state index contributed by atoms with van der Waals surface area (Å²) in [5.74, 6) is -2.22. The minimum atomic E-state index is -0.955. The molecule has 0 saturated heterocycles. The maximum atomic E-state index is 13.1. The number of anilines is 1. The average molecular weight is 303 g/mol. The van der Waals surface area contributed by atoms with Crippen molar-refractivity contribution in [3.8, 4) is 0 Å². The SMILES string of the molecule is C/C(=N/NC(=O)CNc1ccccc1)c1ccc(F)c(F)c1. The number of hydrogen-bond donors (Lipinski definition) is 2. The van der Waals surface area contributed by atoms with E-state index in [0.717, 1.165) is 17.8 Å². The Morgan fingerprint density at radius 1 is 1.09 bits per heavy atom. The predicted octanol–water partition coefficient (Wildman–Crippen LogP) is 2.92. The van der Waals surface area contributed by atoms with Crippen LogP contribution in [0.25, 0.3) is 0 Å². The monoisotopic (exact) mass is 303 g/mol. The molecule has 2 N–H and O–H groups in total. The molecule has 114 valence electrons. The highest BCUT2D eigenvalue weighted by Gasteiger charge is 2.05. The molecular weight excluding hydrogens is 288 g/mol. The third-order valence-corrected chi connectivity index (χ3v) is 2.91. The van der Waals surface area contributed by atoms with Gasteiger partial charge in [-0.2, -0.15) is 5.10 Å². The normalized spacial score (nSPS) is 11.1. The Balaban J connectivity index is 1.90. The Hall–Kier alpha value is -2.76. The lowest BCUT2D eigenvalue weighted by Gasteiger charge is -2.06. The van der Waals surface area contributed by atoms with Crippen LogP contribution in [0.5, 0.6) is 0 Å². The largest absolute Gasteiger partial charge is 0.376 e. The van der Waals surface area contributed by atoms with Gasteiger partial charge < -0.3 is 5.32 Å². The zero-order chi connectivity index (χ0) is 15.9. The van der Waals surface area contributed by atoms with Crippen LogP contribution in [0.15, 0.2) is 53.6 Å². The number of hydrogen-bond acceptors (Lipinski definition) is 3. The van der Waals surface area contributed by atoms with E-state index in [-0.39, 0.29) is 12.5 Å². The highest BCUT2D eigenvalue weighted by molar-refractivity contribution is 5.99. The highest BCUT2D eigenvalue weighted by atomic mass is 19.2. The lowest BCUT2D eigenvalue weighted by atomic mass is 10.1. The number of carbonyl (C=O) groups excluding carboxylic acids is 1. The molecule has 0 radical (unpaired) electrons. The van der Waals surface area contributed by atoms with Crippen molar-refractivity contribution in [2.24, 2.45) is 5.10 Å². The van der Waals surface area contributed by atoms with E-state index in [0.29, 0.717) is 11.3 Å². The fourth-order valence-electron chi connectivity index (χ4n) is 1.71. The van der Waals surface area contributed by atoms with Crippen LogP contribution in [0.4, 0.5) is 14.5 Å². The zero-order valence-electron chi connectivity index (χ0n) is 11.9. The fraction of sp³-hybridized carbons (Fsp3) is 0.125. The minimum absolute atomic E-state index is 0.0541. The van der Waals surface area contributed by atoms with E-state index in [1.807, 2.05) is 30.3 Å². The lowest BCUT2D eigenvalue weighted by Crippen LogP contribution is -2.26. The van der Waals surface area contributed by atoms with Crippen molar-refractivity contribution in [3.05, 3.63) is 65.7 Å². The van der Waals surface area contributed by atoms with E-state index in [9.17, 15) is 13.6 Å². The molecule has 22 heavy (non-hydrogen) atoms. The van der Waals surface area contributed by atoms with Crippen molar-refractivity contribution in [1.29, 1.82) is 0 Å². The molecule has 0 unspecified atom stereocenters. The molecule has 2 rings (SSSR count). The molecule has 0 saturated carbocycles. The number of para-hydroxylation sites is 1. The van der Waals surface area contributed by atoms with Crippen LogP contribution >= 0.6 is 0 Å². The molecule has 0 aromatic heterocycles. The van der Waals surface area contributed by atoms with E-state index >= 15 is 0 Å². The van der Waals surface area contributed by atoms with Crippen molar-refractivity contribution in [2.75, 3.05) is 11.9 Å². The molecular formula is C16H15F2N3O. The maximum Gasteiger partial charge on any atom is 0.259 e. The van der Waals surface area contributed by atoms with Gasteiger partial charge in [0.15, 0.2) is 11.6 Å². The third kappa shape index (κ3) is 4.37. The molecule has 0 spiro atoms. The summed E-state index contributed by atoms with van der Waals surface area (Å²) < 4.78 is 26.0. The van der Waals surface area contributed by atoms with Gasteiger partial charge in [0.25, 0.3) is 5.91 Å². The van der Waals surface area contributed by atoms with Gasteiger partial charge in [-0.05, 0) is 37.3 Å². The van der Waals surface area contributed by atoms with Gasteiger partial charge in [-0.15, -0.1) is 0 Å². The molecule has 0 atom stereocenters. The second-order valence-corrected chi connectivity index (χ2v) is 4.58. The summed E-state index contributed by atoms with van der Waals surface area (Å²) in [5, 5.41) is 6.80. The van der Waals surface area contributed by atoms with Crippen molar-refractivity contribution in [2.45, 2.75) is 6.92 Å². The molecule has 0 aliphatic carbocycles. The molecule has 0 fully saturated rings. The number of carbonyl (C=O) groups is 1. The summed E-state index contributed by atoms with van der Waals surface area (Å²) in [6, 6.07) is 12.7. The first kappa shape index (κ1) is 15.6. The third-order valence-electron chi connectivity index (χ3n) is 2.91. The summed E-state index contributed by atoms with van der Waals surface area (Å²) in [6.07, 6.45) is 0. The van der Waals surface area contributed by atoms with Crippen molar-refractivity contribution in [1.82, 2.24) is 5.43 Å². The quantitative estimate of drug-likeness (QED) is 0.659. The number of hydrazone groups is 1. The first-order valence-electron chi connectivity index (χ1n) is 6.64. The zero-order valence-corrected chi connectivity index (χ0v) is 11.9. The van der Waals surface area contributed by atoms with Crippen LogP contribution in [0, 0.1) is 11.6 Å². The van der Waals surface area contributed by atoms with Crippen LogP contribution in [0.3, 0.4) is 0 Å². The molecule has 1 amide bonds. The van der Waals surface area contributed by atoms with Gasteiger partial charge in [0.1, 0.15) is 0 Å². The maximum absolute atomic E-state index is 13.1. The fourth-order valence-corrected chi connectivity index (χ4v) is 1.71. The number of rotatable bonds is 5. The topological polar surface area (TPSA) is 53.5 Å². The Morgan fingerprint density at radius 3 is 2.50 bits per heavy atom. The van der Waals surface area contributed by atoms with E-state index in [4.69, 9.17) is 0 Å². The molecule has 2 aromatic rings. The van der Waals surface area contributed by atoms with Gasteiger partial charge in [0.2, 0.25) is 0 Å². The van der Waals surface area contributed by atoms with Crippen LogP contribution in [-0.2, 0) is 4.79 Å².